The molecule has 0 atom stereocenters. The van der Waals surface area contributed by atoms with E-state index in [-0.39, 0.29) is 5.91 Å². The Morgan fingerprint density at radius 2 is 2.04 bits per heavy atom. The Kier molecular flexibility index (Phi) is 6.03. The van der Waals surface area contributed by atoms with Gasteiger partial charge in [0.05, 0.1) is 6.61 Å². The largest absolute Gasteiger partial charge is 0.494 e. The summed E-state index contributed by atoms with van der Waals surface area (Å²) in [6.07, 6.45) is 2.14. The second-order valence-corrected chi connectivity index (χ2v) is 5.61. The number of aryl methyl sites for hydroxylation is 1. The lowest BCUT2D eigenvalue weighted by molar-refractivity contribution is 0.0950. The van der Waals surface area contributed by atoms with Crippen LogP contribution in [0.2, 0.25) is 0 Å². The predicted molar refractivity (Wildman–Crippen MR) is 93.6 cm³/mol. The van der Waals surface area contributed by atoms with Gasteiger partial charge in [-0.2, -0.15) is 0 Å². The fraction of sp³-hybridized carbons (Fsp3) is 0.316. The maximum absolute atomic E-state index is 12.3. The van der Waals surface area contributed by atoms with Crippen molar-refractivity contribution in [1.82, 2.24) is 5.32 Å². The molecule has 0 fully saturated rings. The van der Waals surface area contributed by atoms with E-state index in [4.69, 9.17) is 10.5 Å². The van der Waals surface area contributed by atoms with Gasteiger partial charge in [-0.25, -0.2) is 0 Å². The molecule has 0 aliphatic rings. The summed E-state index contributed by atoms with van der Waals surface area (Å²) >= 11 is 0. The number of benzene rings is 2. The maximum atomic E-state index is 12.3. The minimum atomic E-state index is -0.118. The van der Waals surface area contributed by atoms with Crippen LogP contribution in [0.1, 0.15) is 41.3 Å². The fourth-order valence-corrected chi connectivity index (χ4v) is 2.24. The summed E-state index contributed by atoms with van der Waals surface area (Å²) in [6, 6.07) is 13.2. The number of carbonyl (C=O) groups excluding carboxylic acids is 1. The lowest BCUT2D eigenvalue weighted by Crippen LogP contribution is -2.23. The lowest BCUT2D eigenvalue weighted by atomic mass is 10.1. The Balaban J connectivity index is 1.96. The van der Waals surface area contributed by atoms with Crippen molar-refractivity contribution in [2.75, 3.05) is 12.3 Å². The highest BCUT2D eigenvalue weighted by Crippen LogP contribution is 2.15. The molecule has 4 heteroatoms. The van der Waals surface area contributed by atoms with Crippen molar-refractivity contribution in [2.24, 2.45) is 0 Å². The van der Waals surface area contributed by atoms with Crippen LogP contribution in [0, 0.1) is 6.92 Å². The molecule has 0 aliphatic heterocycles. The van der Waals surface area contributed by atoms with Crippen molar-refractivity contribution in [3.63, 3.8) is 0 Å². The van der Waals surface area contributed by atoms with Crippen molar-refractivity contribution < 1.29 is 9.53 Å². The molecular weight excluding hydrogens is 288 g/mol. The number of ether oxygens (including phenoxy) is 1. The molecule has 23 heavy (non-hydrogen) atoms. The Labute approximate surface area is 137 Å². The van der Waals surface area contributed by atoms with Crippen LogP contribution < -0.4 is 15.8 Å². The van der Waals surface area contributed by atoms with E-state index in [0.29, 0.717) is 17.8 Å². The number of amides is 1. The minimum Gasteiger partial charge on any atom is -0.494 e. The fourth-order valence-electron chi connectivity index (χ4n) is 2.24. The van der Waals surface area contributed by atoms with Crippen LogP contribution in [0.3, 0.4) is 0 Å². The number of nitrogen functional groups attached to an aromatic ring is 1. The van der Waals surface area contributed by atoms with Crippen molar-refractivity contribution in [3.8, 4) is 5.75 Å². The van der Waals surface area contributed by atoms with Gasteiger partial charge in [0, 0.05) is 17.8 Å². The molecule has 0 saturated carbocycles. The van der Waals surface area contributed by atoms with E-state index in [9.17, 15) is 4.79 Å². The number of nitrogens with one attached hydrogen (secondary N) is 1. The highest BCUT2D eigenvalue weighted by molar-refractivity contribution is 5.96. The first-order valence-corrected chi connectivity index (χ1v) is 7.96. The molecule has 3 N–H and O–H groups in total. The third-order valence-corrected chi connectivity index (χ3v) is 3.62. The summed E-state index contributed by atoms with van der Waals surface area (Å²) in [5.41, 5.74) is 8.87. The molecule has 0 saturated heterocycles. The SMILES string of the molecule is CCCCOc1cccc(CNC(=O)c2cc(N)ccc2C)c1. The molecule has 1 amide bonds. The van der Waals surface area contributed by atoms with E-state index >= 15 is 0 Å². The zero-order chi connectivity index (χ0) is 16.7. The van der Waals surface area contributed by atoms with Crippen molar-refractivity contribution >= 4 is 11.6 Å². The number of hydrogen-bond donors (Lipinski definition) is 2. The van der Waals surface area contributed by atoms with E-state index in [0.717, 1.165) is 36.3 Å². The van der Waals surface area contributed by atoms with E-state index in [1.54, 1.807) is 12.1 Å². The predicted octanol–water partition coefficient (Wildman–Crippen LogP) is 3.69. The number of rotatable bonds is 7. The molecule has 122 valence electrons. The normalized spacial score (nSPS) is 10.3. The average Bonchev–Trinajstić information content (AvgIpc) is 2.55. The summed E-state index contributed by atoms with van der Waals surface area (Å²) in [7, 11) is 0. The van der Waals surface area contributed by atoms with Gasteiger partial charge in [0.1, 0.15) is 5.75 Å². The van der Waals surface area contributed by atoms with E-state index in [2.05, 4.69) is 12.2 Å². The van der Waals surface area contributed by atoms with Crippen LogP contribution in [0.15, 0.2) is 42.5 Å². The molecule has 0 bridgehead atoms. The van der Waals surface area contributed by atoms with Crippen LogP contribution in [0.4, 0.5) is 5.69 Å². The monoisotopic (exact) mass is 312 g/mol. The molecule has 0 radical (unpaired) electrons. The quantitative estimate of drug-likeness (QED) is 0.605. The van der Waals surface area contributed by atoms with Gasteiger partial charge in [-0.3, -0.25) is 4.79 Å². The molecule has 0 aromatic heterocycles. The zero-order valence-corrected chi connectivity index (χ0v) is 13.8. The van der Waals surface area contributed by atoms with Gasteiger partial charge in [0.25, 0.3) is 5.91 Å². The van der Waals surface area contributed by atoms with Gasteiger partial charge in [0.15, 0.2) is 0 Å². The number of hydrogen-bond acceptors (Lipinski definition) is 3. The minimum absolute atomic E-state index is 0.118. The van der Waals surface area contributed by atoms with Gasteiger partial charge in [0.2, 0.25) is 0 Å². The number of nitrogens with two attached hydrogens (primary N) is 1. The van der Waals surface area contributed by atoms with Gasteiger partial charge in [-0.1, -0.05) is 31.5 Å². The van der Waals surface area contributed by atoms with E-state index < -0.39 is 0 Å². The standard InChI is InChI=1S/C19H24N2O2/c1-3-4-10-23-17-7-5-6-15(11-17)13-21-19(22)18-12-16(20)9-8-14(18)2/h5-9,11-12H,3-4,10,13,20H2,1-2H3,(H,21,22). The number of carbonyl (C=O) groups is 1. The maximum Gasteiger partial charge on any atom is 0.251 e. The Bertz CT molecular complexity index is 668. The Morgan fingerprint density at radius 3 is 2.83 bits per heavy atom. The molecule has 2 rings (SSSR count). The first-order valence-electron chi connectivity index (χ1n) is 7.96. The van der Waals surface area contributed by atoms with Crippen molar-refractivity contribution in [2.45, 2.75) is 33.2 Å². The van der Waals surface area contributed by atoms with Crippen LogP contribution in [-0.2, 0) is 6.54 Å². The van der Waals surface area contributed by atoms with Crippen molar-refractivity contribution in [3.05, 3.63) is 59.2 Å². The van der Waals surface area contributed by atoms with Crippen LogP contribution in [0.25, 0.3) is 0 Å². The smallest absolute Gasteiger partial charge is 0.251 e. The molecule has 4 nitrogen and oxygen atoms in total. The first kappa shape index (κ1) is 16.9. The van der Waals surface area contributed by atoms with E-state index in [1.807, 2.05) is 37.3 Å². The summed E-state index contributed by atoms with van der Waals surface area (Å²) in [5, 5.41) is 2.93. The molecular formula is C19H24N2O2. The summed E-state index contributed by atoms with van der Waals surface area (Å²) in [6.45, 7) is 5.21. The molecule has 0 heterocycles. The zero-order valence-electron chi connectivity index (χ0n) is 13.8. The Hall–Kier alpha value is -2.49. The summed E-state index contributed by atoms with van der Waals surface area (Å²) < 4.78 is 5.68. The van der Waals surface area contributed by atoms with E-state index in [1.165, 1.54) is 0 Å². The highest BCUT2D eigenvalue weighted by Gasteiger charge is 2.09. The summed E-state index contributed by atoms with van der Waals surface area (Å²) in [5.74, 6) is 0.720. The van der Waals surface area contributed by atoms with Gasteiger partial charge in [-0.05, 0) is 48.7 Å². The van der Waals surface area contributed by atoms with Crippen LogP contribution in [-0.4, -0.2) is 12.5 Å². The molecule has 0 spiro atoms. The average molecular weight is 312 g/mol. The van der Waals surface area contributed by atoms with Crippen LogP contribution in [0.5, 0.6) is 5.75 Å². The third-order valence-electron chi connectivity index (χ3n) is 3.62. The molecule has 2 aromatic carbocycles. The summed E-state index contributed by atoms with van der Waals surface area (Å²) in [4.78, 5) is 12.3. The molecule has 0 aliphatic carbocycles. The highest BCUT2D eigenvalue weighted by atomic mass is 16.5. The lowest BCUT2D eigenvalue weighted by Gasteiger charge is -2.10. The third kappa shape index (κ3) is 5.02. The molecule has 2 aromatic rings. The topological polar surface area (TPSA) is 64.3 Å². The second kappa shape index (κ2) is 8.22. The van der Waals surface area contributed by atoms with Gasteiger partial charge >= 0.3 is 0 Å². The van der Waals surface area contributed by atoms with Gasteiger partial charge in [-0.15, -0.1) is 0 Å². The number of anilines is 1. The van der Waals surface area contributed by atoms with Gasteiger partial charge < -0.3 is 15.8 Å². The van der Waals surface area contributed by atoms with Crippen LogP contribution >= 0.6 is 0 Å². The first-order chi connectivity index (χ1) is 11.1. The molecule has 0 unspecified atom stereocenters. The number of unbranched alkanes of at least 4 members (excludes halogenated alkanes) is 1. The Morgan fingerprint density at radius 1 is 1.22 bits per heavy atom. The van der Waals surface area contributed by atoms with Crippen molar-refractivity contribution in [1.29, 1.82) is 0 Å². The second-order valence-electron chi connectivity index (χ2n) is 5.61.